The van der Waals surface area contributed by atoms with Crippen molar-refractivity contribution in [2.75, 3.05) is 6.54 Å². The summed E-state index contributed by atoms with van der Waals surface area (Å²) in [6.45, 7) is 2.56. The predicted octanol–water partition coefficient (Wildman–Crippen LogP) is 1.98. The fourth-order valence-corrected chi connectivity index (χ4v) is 3.48. The van der Waals surface area contributed by atoms with Crippen LogP contribution in [0.3, 0.4) is 0 Å². The second-order valence-corrected chi connectivity index (χ2v) is 6.14. The quantitative estimate of drug-likeness (QED) is 0.894. The third-order valence-corrected chi connectivity index (χ3v) is 4.78. The lowest BCUT2D eigenvalue weighted by atomic mass is 9.91. The van der Waals surface area contributed by atoms with Gasteiger partial charge in [0.2, 0.25) is 5.91 Å². The topological polar surface area (TPSA) is 52.6 Å². The normalized spacial score (nSPS) is 29.9. The van der Waals surface area contributed by atoms with Crippen LogP contribution in [-0.4, -0.2) is 34.6 Å². The van der Waals surface area contributed by atoms with E-state index in [1.165, 1.54) is 5.56 Å². The molecule has 2 aliphatic rings. The molecule has 1 aliphatic heterocycles. The molecule has 114 valence electrons. The fraction of sp³-hybridized carbons (Fsp3) is 0.588. The number of nitrogens with zero attached hydrogens (tertiary/aromatic N) is 1. The van der Waals surface area contributed by atoms with Crippen LogP contribution in [0, 0.1) is 0 Å². The van der Waals surface area contributed by atoms with Gasteiger partial charge in [0.25, 0.3) is 0 Å². The second-order valence-electron chi connectivity index (χ2n) is 6.14. The van der Waals surface area contributed by atoms with Gasteiger partial charge in [-0.3, -0.25) is 10.1 Å². The van der Waals surface area contributed by atoms with Crippen LogP contribution in [0.25, 0.3) is 0 Å². The fourth-order valence-electron chi connectivity index (χ4n) is 3.48. The Balaban J connectivity index is 1.78. The molecule has 2 N–H and O–H groups in total. The van der Waals surface area contributed by atoms with Crippen molar-refractivity contribution >= 4 is 5.91 Å². The lowest BCUT2D eigenvalue weighted by Crippen LogP contribution is -2.42. The van der Waals surface area contributed by atoms with E-state index in [4.69, 9.17) is 0 Å². The van der Waals surface area contributed by atoms with Gasteiger partial charge in [-0.05, 0) is 43.2 Å². The van der Waals surface area contributed by atoms with Gasteiger partial charge in [-0.1, -0.05) is 31.2 Å². The third-order valence-electron chi connectivity index (χ3n) is 4.78. The molecule has 2 fully saturated rings. The van der Waals surface area contributed by atoms with Gasteiger partial charge >= 0.3 is 0 Å². The Bertz CT molecular complexity index is 492. The van der Waals surface area contributed by atoms with Crippen LogP contribution in [-0.2, 0) is 11.2 Å². The number of benzene rings is 1. The Kier molecular flexibility index (Phi) is 4.27. The first-order valence-corrected chi connectivity index (χ1v) is 8.00. The van der Waals surface area contributed by atoms with Crippen molar-refractivity contribution in [3.05, 3.63) is 35.4 Å². The van der Waals surface area contributed by atoms with Crippen molar-refractivity contribution in [1.82, 2.24) is 10.2 Å². The van der Waals surface area contributed by atoms with Crippen molar-refractivity contribution in [2.24, 2.45) is 0 Å². The van der Waals surface area contributed by atoms with Crippen LogP contribution in [0.2, 0.25) is 0 Å². The highest BCUT2D eigenvalue weighted by Crippen LogP contribution is 2.31. The van der Waals surface area contributed by atoms with E-state index in [1.807, 2.05) is 4.90 Å². The summed E-state index contributed by atoms with van der Waals surface area (Å²) in [5.74, 6) is 0.181. The molecular formula is C17H24N2O2. The first-order chi connectivity index (χ1) is 10.2. The number of aryl methyl sites for hydroxylation is 1. The van der Waals surface area contributed by atoms with E-state index in [0.29, 0.717) is 6.54 Å². The summed E-state index contributed by atoms with van der Waals surface area (Å²) in [5, 5.41) is 13.0. The van der Waals surface area contributed by atoms with Gasteiger partial charge in [-0.15, -0.1) is 0 Å². The van der Waals surface area contributed by atoms with E-state index in [2.05, 4.69) is 36.5 Å². The zero-order valence-corrected chi connectivity index (χ0v) is 12.6. The van der Waals surface area contributed by atoms with Crippen LogP contribution in [0.15, 0.2) is 24.3 Å². The van der Waals surface area contributed by atoms with Crippen LogP contribution in [0.5, 0.6) is 0 Å². The van der Waals surface area contributed by atoms with Gasteiger partial charge in [0.1, 0.15) is 6.17 Å². The van der Waals surface area contributed by atoms with E-state index in [1.54, 1.807) is 0 Å². The molecule has 1 aromatic carbocycles. The minimum absolute atomic E-state index is 0.0105. The SMILES string of the molecule is CCc1ccc(C2NCC(=O)N2C2CCC(O)CC2)cc1. The van der Waals surface area contributed by atoms with Crippen molar-refractivity contribution in [1.29, 1.82) is 0 Å². The highest BCUT2D eigenvalue weighted by molar-refractivity contribution is 5.81. The van der Waals surface area contributed by atoms with Crippen molar-refractivity contribution in [3.8, 4) is 0 Å². The van der Waals surface area contributed by atoms with Crippen molar-refractivity contribution in [2.45, 2.75) is 57.3 Å². The van der Waals surface area contributed by atoms with E-state index in [9.17, 15) is 9.90 Å². The zero-order valence-electron chi connectivity index (χ0n) is 12.6. The Morgan fingerprint density at radius 3 is 2.48 bits per heavy atom. The second kappa shape index (κ2) is 6.16. The number of amides is 1. The minimum atomic E-state index is -0.186. The molecule has 4 heteroatoms. The Hall–Kier alpha value is -1.39. The molecule has 1 aliphatic carbocycles. The number of nitrogens with one attached hydrogen (secondary N) is 1. The Morgan fingerprint density at radius 2 is 1.86 bits per heavy atom. The Morgan fingerprint density at radius 1 is 1.19 bits per heavy atom. The average Bonchev–Trinajstić information content (AvgIpc) is 2.90. The number of carbonyl (C=O) groups excluding carboxylic acids is 1. The lowest BCUT2D eigenvalue weighted by Gasteiger charge is -2.36. The first kappa shape index (κ1) is 14.5. The van der Waals surface area contributed by atoms with Crippen LogP contribution in [0.4, 0.5) is 0 Å². The first-order valence-electron chi connectivity index (χ1n) is 8.00. The number of hydrogen-bond donors (Lipinski definition) is 2. The maximum absolute atomic E-state index is 12.3. The molecule has 0 bridgehead atoms. The molecule has 3 rings (SSSR count). The maximum Gasteiger partial charge on any atom is 0.238 e. The van der Waals surface area contributed by atoms with E-state index < -0.39 is 0 Å². The smallest absolute Gasteiger partial charge is 0.238 e. The molecule has 1 heterocycles. The maximum atomic E-state index is 12.3. The molecule has 1 amide bonds. The Labute approximate surface area is 126 Å². The van der Waals surface area contributed by atoms with Gasteiger partial charge in [0.05, 0.1) is 12.6 Å². The standard InChI is InChI=1S/C17H24N2O2/c1-2-12-3-5-13(6-4-12)17-18-11-16(21)19(17)14-7-9-15(20)10-8-14/h3-6,14-15,17-18,20H,2,7-11H2,1H3. The molecule has 0 aromatic heterocycles. The summed E-state index contributed by atoms with van der Waals surface area (Å²) in [7, 11) is 0. The molecular weight excluding hydrogens is 264 g/mol. The number of aliphatic hydroxyl groups excluding tert-OH is 1. The van der Waals surface area contributed by atoms with Crippen LogP contribution < -0.4 is 5.32 Å². The molecule has 1 saturated heterocycles. The monoisotopic (exact) mass is 288 g/mol. The molecule has 1 unspecified atom stereocenters. The molecule has 1 atom stereocenters. The highest BCUT2D eigenvalue weighted by Gasteiger charge is 2.38. The molecule has 21 heavy (non-hydrogen) atoms. The lowest BCUT2D eigenvalue weighted by molar-refractivity contribution is -0.131. The summed E-state index contributed by atoms with van der Waals surface area (Å²) in [4.78, 5) is 14.3. The highest BCUT2D eigenvalue weighted by atomic mass is 16.3. The van der Waals surface area contributed by atoms with E-state index in [-0.39, 0.29) is 24.2 Å². The van der Waals surface area contributed by atoms with Gasteiger partial charge in [0, 0.05) is 6.04 Å². The van der Waals surface area contributed by atoms with Gasteiger partial charge in [-0.2, -0.15) is 0 Å². The molecule has 4 nitrogen and oxygen atoms in total. The summed E-state index contributed by atoms with van der Waals surface area (Å²) in [6, 6.07) is 8.79. The number of carbonyl (C=O) groups is 1. The summed E-state index contributed by atoms with van der Waals surface area (Å²) >= 11 is 0. The molecule has 1 aromatic rings. The average molecular weight is 288 g/mol. The summed E-state index contributed by atoms with van der Waals surface area (Å²) in [5.41, 5.74) is 2.47. The van der Waals surface area contributed by atoms with E-state index >= 15 is 0 Å². The predicted molar refractivity (Wildman–Crippen MR) is 81.7 cm³/mol. The number of hydrogen-bond acceptors (Lipinski definition) is 3. The molecule has 1 saturated carbocycles. The third kappa shape index (κ3) is 2.97. The van der Waals surface area contributed by atoms with E-state index in [0.717, 1.165) is 37.7 Å². The van der Waals surface area contributed by atoms with Crippen LogP contribution in [0.1, 0.15) is 49.9 Å². The zero-order chi connectivity index (χ0) is 14.8. The van der Waals surface area contributed by atoms with Gasteiger partial charge in [0.15, 0.2) is 0 Å². The summed E-state index contributed by atoms with van der Waals surface area (Å²) < 4.78 is 0. The van der Waals surface area contributed by atoms with Crippen molar-refractivity contribution < 1.29 is 9.90 Å². The van der Waals surface area contributed by atoms with Gasteiger partial charge in [-0.25, -0.2) is 0 Å². The van der Waals surface area contributed by atoms with Crippen LogP contribution >= 0.6 is 0 Å². The minimum Gasteiger partial charge on any atom is -0.393 e. The van der Waals surface area contributed by atoms with Crippen molar-refractivity contribution in [3.63, 3.8) is 0 Å². The molecule has 0 radical (unpaired) electrons. The molecule has 0 spiro atoms. The summed E-state index contributed by atoms with van der Waals surface area (Å²) in [6.07, 6.45) is 4.24. The van der Waals surface area contributed by atoms with Gasteiger partial charge < -0.3 is 10.0 Å². The number of rotatable bonds is 3. The largest absolute Gasteiger partial charge is 0.393 e. The number of aliphatic hydroxyl groups is 1.